The normalized spacial score (nSPS) is 23.6. The molecule has 18 heavy (non-hydrogen) atoms. The average molecular weight is 328 g/mol. The largest absolute Gasteiger partial charge is 0.353 e. The minimum atomic E-state index is 0.155. The first-order valence-electron chi connectivity index (χ1n) is 6.35. The lowest BCUT2D eigenvalue weighted by Gasteiger charge is -2.25. The molecule has 1 aliphatic rings. The fourth-order valence-electron chi connectivity index (χ4n) is 2.13. The fourth-order valence-corrected chi connectivity index (χ4v) is 3.39. The van der Waals surface area contributed by atoms with Crippen molar-refractivity contribution in [2.24, 2.45) is 0 Å². The van der Waals surface area contributed by atoms with Crippen LogP contribution in [0.3, 0.4) is 0 Å². The van der Waals surface area contributed by atoms with E-state index in [1.165, 1.54) is 0 Å². The van der Waals surface area contributed by atoms with Crippen molar-refractivity contribution in [2.75, 3.05) is 5.75 Å². The van der Waals surface area contributed by atoms with Gasteiger partial charge in [-0.15, -0.1) is 11.8 Å². The van der Waals surface area contributed by atoms with E-state index in [4.69, 9.17) is 0 Å². The molecular weight excluding hydrogens is 310 g/mol. The third kappa shape index (κ3) is 4.65. The second-order valence-electron chi connectivity index (χ2n) is 4.62. The second kappa shape index (κ2) is 7.19. The monoisotopic (exact) mass is 327 g/mol. The van der Waals surface area contributed by atoms with Crippen molar-refractivity contribution in [1.29, 1.82) is 0 Å². The number of nitrogens with one attached hydrogen (secondary N) is 1. The van der Waals surface area contributed by atoms with Crippen LogP contribution in [0.5, 0.6) is 0 Å². The number of halogens is 1. The number of hydrogen-bond donors (Lipinski definition) is 1. The van der Waals surface area contributed by atoms with Crippen LogP contribution in [0.4, 0.5) is 0 Å². The van der Waals surface area contributed by atoms with Gasteiger partial charge in [0.25, 0.3) is 0 Å². The molecular formula is C14H18BrNOS. The summed E-state index contributed by atoms with van der Waals surface area (Å²) in [4.78, 5) is 13.6. The van der Waals surface area contributed by atoms with Crippen molar-refractivity contribution in [2.45, 2.75) is 41.4 Å². The van der Waals surface area contributed by atoms with E-state index in [-0.39, 0.29) is 5.91 Å². The topological polar surface area (TPSA) is 29.1 Å². The van der Waals surface area contributed by atoms with Crippen molar-refractivity contribution in [3.05, 3.63) is 30.3 Å². The first-order chi connectivity index (χ1) is 8.74. The molecule has 1 amide bonds. The Morgan fingerprint density at radius 2 is 1.89 bits per heavy atom. The van der Waals surface area contributed by atoms with Gasteiger partial charge in [-0.1, -0.05) is 34.1 Å². The van der Waals surface area contributed by atoms with Crippen molar-refractivity contribution in [3.63, 3.8) is 0 Å². The summed E-state index contributed by atoms with van der Waals surface area (Å²) in [6, 6.07) is 10.4. The predicted octanol–water partition coefficient (Wildman–Crippen LogP) is 3.60. The molecule has 0 bridgehead atoms. The SMILES string of the molecule is O=C(CSc1ccccc1)NC1CCC(Br)CC1. The molecule has 0 unspecified atom stereocenters. The molecule has 0 spiro atoms. The fraction of sp³-hybridized carbons (Fsp3) is 0.500. The first-order valence-corrected chi connectivity index (χ1v) is 8.25. The minimum Gasteiger partial charge on any atom is -0.353 e. The van der Waals surface area contributed by atoms with E-state index in [0.29, 0.717) is 16.6 Å². The summed E-state index contributed by atoms with van der Waals surface area (Å²) in [7, 11) is 0. The lowest BCUT2D eigenvalue weighted by molar-refractivity contribution is -0.119. The number of hydrogen-bond acceptors (Lipinski definition) is 2. The Balaban J connectivity index is 1.69. The predicted molar refractivity (Wildman–Crippen MR) is 80.3 cm³/mol. The number of amides is 1. The number of alkyl halides is 1. The Morgan fingerprint density at radius 1 is 1.22 bits per heavy atom. The Morgan fingerprint density at radius 3 is 2.56 bits per heavy atom. The van der Waals surface area contributed by atoms with Gasteiger partial charge in [-0.2, -0.15) is 0 Å². The molecule has 0 aromatic heterocycles. The molecule has 1 aromatic rings. The van der Waals surface area contributed by atoms with Crippen LogP contribution >= 0.6 is 27.7 Å². The zero-order chi connectivity index (χ0) is 12.8. The molecule has 1 aliphatic carbocycles. The van der Waals surface area contributed by atoms with Gasteiger partial charge >= 0.3 is 0 Å². The highest BCUT2D eigenvalue weighted by Crippen LogP contribution is 2.24. The van der Waals surface area contributed by atoms with Gasteiger partial charge in [0.05, 0.1) is 5.75 Å². The second-order valence-corrected chi connectivity index (χ2v) is 6.96. The quantitative estimate of drug-likeness (QED) is 0.676. The van der Waals surface area contributed by atoms with Crippen LogP contribution in [-0.2, 0) is 4.79 Å². The number of rotatable bonds is 4. The van der Waals surface area contributed by atoms with E-state index in [0.717, 1.165) is 30.6 Å². The van der Waals surface area contributed by atoms with E-state index >= 15 is 0 Å². The molecule has 1 N–H and O–H groups in total. The van der Waals surface area contributed by atoms with Crippen molar-refractivity contribution in [1.82, 2.24) is 5.32 Å². The minimum absolute atomic E-state index is 0.155. The van der Waals surface area contributed by atoms with Crippen molar-refractivity contribution >= 4 is 33.6 Å². The maximum absolute atomic E-state index is 11.8. The standard InChI is InChI=1S/C14H18BrNOS/c15-11-6-8-12(9-7-11)16-14(17)10-18-13-4-2-1-3-5-13/h1-5,11-12H,6-10H2,(H,16,17). The Bertz CT molecular complexity index is 377. The van der Waals surface area contributed by atoms with Crippen LogP contribution in [0.1, 0.15) is 25.7 Å². The smallest absolute Gasteiger partial charge is 0.230 e. The molecule has 1 saturated carbocycles. The highest BCUT2D eigenvalue weighted by molar-refractivity contribution is 9.09. The van der Waals surface area contributed by atoms with Crippen LogP contribution in [0, 0.1) is 0 Å². The lowest BCUT2D eigenvalue weighted by Crippen LogP contribution is -2.38. The summed E-state index contributed by atoms with van der Waals surface area (Å²) in [5.41, 5.74) is 0. The van der Waals surface area contributed by atoms with Gasteiger partial charge in [0.1, 0.15) is 0 Å². The third-order valence-corrected chi connectivity index (χ3v) is 5.06. The van der Waals surface area contributed by atoms with Gasteiger partial charge < -0.3 is 5.32 Å². The van der Waals surface area contributed by atoms with Crippen LogP contribution in [0.2, 0.25) is 0 Å². The van der Waals surface area contributed by atoms with E-state index in [1.54, 1.807) is 11.8 Å². The summed E-state index contributed by atoms with van der Waals surface area (Å²) in [5, 5.41) is 3.13. The lowest BCUT2D eigenvalue weighted by atomic mass is 9.95. The summed E-state index contributed by atoms with van der Waals surface area (Å²) in [6.07, 6.45) is 4.52. The molecule has 0 aliphatic heterocycles. The van der Waals surface area contributed by atoms with Gasteiger partial charge in [0, 0.05) is 15.8 Å². The summed E-state index contributed by atoms with van der Waals surface area (Å²) < 4.78 is 0. The third-order valence-electron chi connectivity index (χ3n) is 3.13. The Labute approximate surface area is 121 Å². The highest BCUT2D eigenvalue weighted by Gasteiger charge is 2.20. The molecule has 1 fully saturated rings. The maximum atomic E-state index is 11.8. The molecule has 0 radical (unpaired) electrons. The van der Waals surface area contributed by atoms with E-state index in [1.807, 2.05) is 30.3 Å². The molecule has 0 atom stereocenters. The number of carbonyl (C=O) groups is 1. The molecule has 4 heteroatoms. The van der Waals surface area contributed by atoms with Crippen LogP contribution in [-0.4, -0.2) is 22.5 Å². The molecule has 1 aromatic carbocycles. The number of thioether (sulfide) groups is 1. The number of benzene rings is 1. The Hall–Kier alpha value is -0.480. The molecule has 98 valence electrons. The first kappa shape index (κ1) is 13.9. The average Bonchev–Trinajstić information content (AvgIpc) is 2.40. The maximum Gasteiger partial charge on any atom is 0.230 e. The van der Waals surface area contributed by atoms with Gasteiger partial charge in [0.15, 0.2) is 0 Å². The Kier molecular flexibility index (Phi) is 5.57. The zero-order valence-corrected chi connectivity index (χ0v) is 12.7. The number of carbonyl (C=O) groups excluding carboxylic acids is 1. The summed E-state index contributed by atoms with van der Waals surface area (Å²) in [5.74, 6) is 0.667. The van der Waals surface area contributed by atoms with E-state index < -0.39 is 0 Å². The van der Waals surface area contributed by atoms with Crippen LogP contribution < -0.4 is 5.32 Å². The molecule has 0 heterocycles. The van der Waals surface area contributed by atoms with Gasteiger partial charge in [0.2, 0.25) is 5.91 Å². The summed E-state index contributed by atoms with van der Waals surface area (Å²) in [6.45, 7) is 0. The summed E-state index contributed by atoms with van der Waals surface area (Å²) >= 11 is 5.22. The molecule has 2 nitrogen and oxygen atoms in total. The van der Waals surface area contributed by atoms with E-state index in [2.05, 4.69) is 21.2 Å². The van der Waals surface area contributed by atoms with Gasteiger partial charge in [-0.3, -0.25) is 4.79 Å². The van der Waals surface area contributed by atoms with Crippen molar-refractivity contribution in [3.8, 4) is 0 Å². The zero-order valence-electron chi connectivity index (χ0n) is 10.3. The van der Waals surface area contributed by atoms with Gasteiger partial charge in [-0.25, -0.2) is 0 Å². The highest BCUT2D eigenvalue weighted by atomic mass is 79.9. The van der Waals surface area contributed by atoms with Crippen LogP contribution in [0.15, 0.2) is 35.2 Å². The molecule has 2 rings (SSSR count). The van der Waals surface area contributed by atoms with Crippen molar-refractivity contribution < 1.29 is 4.79 Å². The van der Waals surface area contributed by atoms with E-state index in [9.17, 15) is 4.79 Å². The van der Waals surface area contributed by atoms with Crippen LogP contribution in [0.25, 0.3) is 0 Å². The van der Waals surface area contributed by atoms with Gasteiger partial charge in [-0.05, 0) is 37.8 Å². The molecule has 0 saturated heterocycles.